The van der Waals surface area contributed by atoms with Gasteiger partial charge < -0.3 is 10.4 Å². The molecule has 0 radical (unpaired) electrons. The Hall–Kier alpha value is -0.850. The van der Waals surface area contributed by atoms with E-state index in [0.29, 0.717) is 0 Å². The molecule has 2 aromatic heterocycles. The molecule has 0 spiro atoms. The van der Waals surface area contributed by atoms with Gasteiger partial charge in [0.2, 0.25) is 0 Å². The summed E-state index contributed by atoms with van der Waals surface area (Å²) in [6.45, 7) is 0.191. The van der Waals surface area contributed by atoms with E-state index in [1.54, 1.807) is 29.4 Å². The summed E-state index contributed by atoms with van der Waals surface area (Å²) in [6, 6.07) is 2.27. The van der Waals surface area contributed by atoms with E-state index in [1.807, 2.05) is 11.4 Å². The second-order valence-electron chi connectivity index (χ2n) is 3.67. The van der Waals surface area contributed by atoms with Crippen LogP contribution in [0.3, 0.4) is 0 Å². The van der Waals surface area contributed by atoms with Gasteiger partial charge in [0.25, 0.3) is 0 Å². The van der Waals surface area contributed by atoms with Crippen LogP contribution in [-0.4, -0.2) is 39.7 Å². The first-order valence-corrected chi connectivity index (χ1v) is 7.67. The molecule has 0 amide bonds. The Labute approximate surface area is 108 Å². The van der Waals surface area contributed by atoms with Crippen LogP contribution in [0.4, 0.5) is 5.82 Å². The van der Waals surface area contributed by atoms with Crippen LogP contribution in [0.25, 0.3) is 10.2 Å². The first-order chi connectivity index (χ1) is 8.35. The highest BCUT2D eigenvalue weighted by atomic mass is 32.2. The maximum absolute atomic E-state index is 9.03. The van der Waals surface area contributed by atoms with Crippen molar-refractivity contribution in [1.82, 2.24) is 9.97 Å². The predicted octanol–water partition coefficient (Wildman–Crippen LogP) is 2.22. The molecular weight excluding hydrogens is 254 g/mol. The zero-order chi connectivity index (χ0) is 12.1. The number of thioether (sulfide) groups is 1. The highest BCUT2D eigenvalue weighted by Crippen LogP contribution is 2.24. The fourth-order valence-corrected chi connectivity index (χ4v) is 3.04. The van der Waals surface area contributed by atoms with Crippen molar-refractivity contribution in [2.45, 2.75) is 12.5 Å². The molecule has 2 rings (SSSR count). The van der Waals surface area contributed by atoms with Crippen molar-refractivity contribution >= 4 is 39.1 Å². The lowest BCUT2D eigenvalue weighted by Gasteiger charge is -2.17. The lowest BCUT2D eigenvalue weighted by Crippen LogP contribution is -2.24. The number of aromatic nitrogens is 2. The summed E-state index contributed by atoms with van der Waals surface area (Å²) in [5.74, 6) is 1.82. The summed E-state index contributed by atoms with van der Waals surface area (Å²) < 4.78 is 0. The number of nitrogens with zero attached hydrogens (tertiary/aromatic N) is 2. The quantitative estimate of drug-likeness (QED) is 0.842. The van der Waals surface area contributed by atoms with Gasteiger partial charge in [0.05, 0.1) is 5.39 Å². The number of nitrogens with one attached hydrogen (secondary N) is 1. The smallest absolute Gasteiger partial charge is 0.138 e. The largest absolute Gasteiger partial charge is 0.396 e. The fraction of sp³-hybridized carbons (Fsp3) is 0.455. The third-order valence-corrected chi connectivity index (χ3v) is 4.00. The minimum Gasteiger partial charge on any atom is -0.396 e. The van der Waals surface area contributed by atoms with Gasteiger partial charge in [-0.1, -0.05) is 0 Å². The predicted molar refractivity (Wildman–Crippen MR) is 74.9 cm³/mol. The summed E-state index contributed by atoms with van der Waals surface area (Å²) >= 11 is 3.37. The molecule has 92 valence electrons. The molecule has 0 aliphatic rings. The minimum atomic E-state index is 0.191. The maximum atomic E-state index is 9.03. The van der Waals surface area contributed by atoms with Crippen LogP contribution in [-0.2, 0) is 0 Å². The molecule has 0 aliphatic carbocycles. The third kappa shape index (κ3) is 3.08. The van der Waals surface area contributed by atoms with Crippen LogP contribution in [0.2, 0.25) is 0 Å². The zero-order valence-corrected chi connectivity index (χ0v) is 11.2. The number of hydrogen-bond donors (Lipinski definition) is 2. The van der Waals surface area contributed by atoms with Crippen LogP contribution >= 0.6 is 23.1 Å². The zero-order valence-electron chi connectivity index (χ0n) is 9.59. The fourth-order valence-electron chi connectivity index (χ4n) is 1.65. The van der Waals surface area contributed by atoms with Gasteiger partial charge in [0, 0.05) is 18.4 Å². The molecule has 6 heteroatoms. The summed E-state index contributed by atoms with van der Waals surface area (Å²) in [4.78, 5) is 9.49. The van der Waals surface area contributed by atoms with Crippen molar-refractivity contribution in [2.75, 3.05) is 23.9 Å². The van der Waals surface area contributed by atoms with Crippen LogP contribution < -0.4 is 5.32 Å². The van der Waals surface area contributed by atoms with Gasteiger partial charge in [-0.25, -0.2) is 9.97 Å². The third-order valence-electron chi connectivity index (χ3n) is 2.45. The van der Waals surface area contributed by atoms with Gasteiger partial charge in [-0.15, -0.1) is 11.3 Å². The number of aliphatic hydroxyl groups excluding tert-OH is 1. The highest BCUT2D eigenvalue weighted by Gasteiger charge is 2.11. The van der Waals surface area contributed by atoms with E-state index in [9.17, 15) is 0 Å². The molecule has 0 fully saturated rings. The number of fused-ring (bicyclic) bond motifs is 1. The molecule has 1 unspecified atom stereocenters. The van der Waals surface area contributed by atoms with E-state index < -0.39 is 0 Å². The SMILES string of the molecule is CSCC(CCO)Nc1ncnc2sccc12. The van der Waals surface area contributed by atoms with Gasteiger partial charge in [0.15, 0.2) is 0 Å². The molecule has 17 heavy (non-hydrogen) atoms. The van der Waals surface area contributed by atoms with Gasteiger partial charge in [-0.3, -0.25) is 0 Å². The Morgan fingerprint density at radius 2 is 2.41 bits per heavy atom. The summed E-state index contributed by atoms with van der Waals surface area (Å²) in [7, 11) is 0. The van der Waals surface area contributed by atoms with E-state index in [0.717, 1.165) is 28.2 Å². The Balaban J connectivity index is 2.18. The van der Waals surface area contributed by atoms with E-state index in [-0.39, 0.29) is 12.6 Å². The van der Waals surface area contributed by atoms with E-state index in [2.05, 4.69) is 21.5 Å². The molecule has 1 atom stereocenters. The average Bonchev–Trinajstić information content (AvgIpc) is 2.79. The normalized spacial score (nSPS) is 12.8. The second kappa shape index (κ2) is 6.18. The Morgan fingerprint density at radius 1 is 1.53 bits per heavy atom. The molecule has 2 N–H and O–H groups in total. The van der Waals surface area contributed by atoms with Crippen LogP contribution in [0, 0.1) is 0 Å². The van der Waals surface area contributed by atoms with Gasteiger partial charge in [-0.05, 0) is 24.1 Å². The van der Waals surface area contributed by atoms with Gasteiger partial charge in [0.1, 0.15) is 17.0 Å². The van der Waals surface area contributed by atoms with Crippen LogP contribution in [0.5, 0.6) is 0 Å². The molecule has 0 bridgehead atoms. The lowest BCUT2D eigenvalue weighted by atomic mass is 10.2. The highest BCUT2D eigenvalue weighted by molar-refractivity contribution is 7.98. The minimum absolute atomic E-state index is 0.191. The number of rotatable bonds is 6. The molecular formula is C11H15N3OS2. The molecule has 4 nitrogen and oxygen atoms in total. The van der Waals surface area contributed by atoms with Crippen molar-refractivity contribution in [2.24, 2.45) is 0 Å². The number of aliphatic hydroxyl groups is 1. The number of hydrogen-bond acceptors (Lipinski definition) is 6. The molecule has 0 aromatic carbocycles. The Kier molecular flexibility index (Phi) is 4.58. The molecule has 2 heterocycles. The Bertz CT molecular complexity index is 468. The van der Waals surface area contributed by atoms with Crippen LogP contribution in [0.15, 0.2) is 17.8 Å². The molecule has 0 aliphatic heterocycles. The monoisotopic (exact) mass is 269 g/mol. The summed E-state index contributed by atoms with van der Waals surface area (Å²) in [5.41, 5.74) is 0. The van der Waals surface area contributed by atoms with E-state index in [1.165, 1.54) is 0 Å². The molecule has 0 saturated carbocycles. The maximum Gasteiger partial charge on any atom is 0.138 e. The number of anilines is 1. The second-order valence-corrected chi connectivity index (χ2v) is 5.48. The van der Waals surface area contributed by atoms with E-state index in [4.69, 9.17) is 5.11 Å². The lowest BCUT2D eigenvalue weighted by molar-refractivity contribution is 0.282. The standard InChI is InChI=1S/C11H15N3OS2/c1-16-6-8(2-4-15)14-10-9-3-5-17-11(9)13-7-12-10/h3,5,7-8,15H,2,4,6H2,1H3,(H,12,13,14). The number of thiophene rings is 1. The van der Waals surface area contributed by atoms with Crippen molar-refractivity contribution < 1.29 is 5.11 Å². The first-order valence-electron chi connectivity index (χ1n) is 5.39. The van der Waals surface area contributed by atoms with Gasteiger partial charge >= 0.3 is 0 Å². The van der Waals surface area contributed by atoms with Crippen molar-refractivity contribution in [1.29, 1.82) is 0 Å². The van der Waals surface area contributed by atoms with Crippen molar-refractivity contribution in [3.63, 3.8) is 0 Å². The van der Waals surface area contributed by atoms with Crippen molar-refractivity contribution in [3.8, 4) is 0 Å². The average molecular weight is 269 g/mol. The van der Waals surface area contributed by atoms with Crippen LogP contribution in [0.1, 0.15) is 6.42 Å². The Morgan fingerprint density at radius 3 is 3.18 bits per heavy atom. The summed E-state index contributed by atoms with van der Waals surface area (Å²) in [6.07, 6.45) is 4.37. The molecule has 2 aromatic rings. The van der Waals surface area contributed by atoms with E-state index >= 15 is 0 Å². The first kappa shape index (κ1) is 12.6. The topological polar surface area (TPSA) is 58.0 Å². The summed E-state index contributed by atoms with van der Waals surface area (Å²) in [5, 5.41) is 15.5. The molecule has 0 saturated heterocycles. The van der Waals surface area contributed by atoms with Crippen molar-refractivity contribution in [3.05, 3.63) is 17.8 Å². The van der Waals surface area contributed by atoms with Gasteiger partial charge in [-0.2, -0.15) is 11.8 Å².